The summed E-state index contributed by atoms with van der Waals surface area (Å²) in [5.74, 6) is -0.660. The highest BCUT2D eigenvalue weighted by atomic mass is 32.2. The lowest BCUT2D eigenvalue weighted by molar-refractivity contribution is -0.384. The number of thioether (sulfide) groups is 1. The highest BCUT2D eigenvalue weighted by Gasteiger charge is 2.37. The van der Waals surface area contributed by atoms with Crippen LogP contribution in [0.3, 0.4) is 0 Å². The van der Waals surface area contributed by atoms with Gasteiger partial charge in [0.15, 0.2) is 0 Å². The van der Waals surface area contributed by atoms with Crippen LogP contribution >= 0.6 is 11.8 Å². The van der Waals surface area contributed by atoms with Gasteiger partial charge < -0.3 is 9.47 Å². The molecule has 2 aliphatic rings. The molecule has 0 spiro atoms. The van der Waals surface area contributed by atoms with Gasteiger partial charge in [-0.05, 0) is 81.1 Å². The summed E-state index contributed by atoms with van der Waals surface area (Å²) >= 11 is 0.837. The fourth-order valence-corrected chi connectivity index (χ4v) is 5.29. The largest absolute Gasteiger partial charge is 0.341 e. The van der Waals surface area contributed by atoms with Crippen LogP contribution in [0.4, 0.5) is 10.5 Å². The third-order valence-corrected chi connectivity index (χ3v) is 7.17. The van der Waals surface area contributed by atoms with Crippen molar-refractivity contribution in [3.8, 4) is 5.69 Å². The van der Waals surface area contributed by atoms with E-state index in [0.29, 0.717) is 13.1 Å². The second-order valence-corrected chi connectivity index (χ2v) is 9.59. The molecule has 2 saturated heterocycles. The van der Waals surface area contributed by atoms with Crippen molar-refractivity contribution in [1.29, 1.82) is 0 Å². The van der Waals surface area contributed by atoms with E-state index in [4.69, 9.17) is 0 Å². The van der Waals surface area contributed by atoms with Crippen molar-refractivity contribution >= 4 is 40.6 Å². The van der Waals surface area contributed by atoms with Crippen LogP contribution in [-0.4, -0.2) is 56.0 Å². The number of non-ortho nitro benzene ring substituents is 1. The summed E-state index contributed by atoms with van der Waals surface area (Å²) in [4.78, 5) is 51.7. The fourth-order valence-electron chi connectivity index (χ4n) is 4.46. The van der Waals surface area contributed by atoms with Gasteiger partial charge in [-0.3, -0.25) is 29.4 Å². The first kappa shape index (κ1) is 23.7. The van der Waals surface area contributed by atoms with Gasteiger partial charge in [0.05, 0.1) is 9.83 Å². The Bertz CT molecular complexity index is 1230. The number of nitro benzene ring substituents is 1. The van der Waals surface area contributed by atoms with Crippen LogP contribution < -0.4 is 0 Å². The van der Waals surface area contributed by atoms with E-state index in [1.54, 1.807) is 17.0 Å². The molecule has 2 aromatic rings. The van der Waals surface area contributed by atoms with Gasteiger partial charge >= 0.3 is 0 Å². The standard InChI is InChI=1S/C24H26N4O5S/c1-15-11-19(28(32)33)7-8-20(15)27-16(2)12-18(17(27)3)13-21-23(30)26(24(31)34-21)14-22(29)25-9-5-4-6-10-25/h7-8,11-13H,4-6,9-10,14H2,1-3H3/b21-13-. The fraction of sp³-hybridized carbons (Fsp3) is 0.375. The van der Waals surface area contributed by atoms with Crippen LogP contribution in [0, 0.1) is 30.9 Å². The molecule has 9 nitrogen and oxygen atoms in total. The van der Waals surface area contributed by atoms with Gasteiger partial charge in [0, 0.05) is 42.3 Å². The number of carbonyl (C=O) groups excluding carboxylic acids is 3. The molecule has 1 aromatic carbocycles. The van der Waals surface area contributed by atoms with Crippen LogP contribution in [0.2, 0.25) is 0 Å². The average Bonchev–Trinajstić information content (AvgIpc) is 3.23. The number of hydrogen-bond acceptors (Lipinski definition) is 6. The Balaban J connectivity index is 1.58. The molecule has 4 rings (SSSR count). The van der Waals surface area contributed by atoms with Crippen LogP contribution in [0.5, 0.6) is 0 Å². The van der Waals surface area contributed by atoms with E-state index < -0.39 is 16.1 Å². The summed E-state index contributed by atoms with van der Waals surface area (Å²) in [6.07, 6.45) is 4.65. The molecule has 0 bridgehead atoms. The summed E-state index contributed by atoms with van der Waals surface area (Å²) in [7, 11) is 0. The number of carbonyl (C=O) groups is 3. The van der Waals surface area contributed by atoms with Crippen LogP contribution in [0.1, 0.15) is 41.8 Å². The van der Waals surface area contributed by atoms with E-state index in [1.165, 1.54) is 12.1 Å². The Labute approximate surface area is 201 Å². The number of likely N-dealkylation sites (tertiary alicyclic amines) is 1. The third kappa shape index (κ3) is 4.50. The van der Waals surface area contributed by atoms with Crippen molar-refractivity contribution in [2.45, 2.75) is 40.0 Å². The van der Waals surface area contributed by atoms with Gasteiger partial charge in [0.25, 0.3) is 16.8 Å². The highest BCUT2D eigenvalue weighted by Crippen LogP contribution is 2.34. The van der Waals surface area contributed by atoms with E-state index in [1.807, 2.05) is 31.4 Å². The van der Waals surface area contributed by atoms with Crippen molar-refractivity contribution in [2.24, 2.45) is 0 Å². The molecule has 0 saturated carbocycles. The number of amides is 3. The topological polar surface area (TPSA) is 106 Å². The molecule has 0 unspecified atom stereocenters. The Morgan fingerprint density at radius 2 is 1.82 bits per heavy atom. The van der Waals surface area contributed by atoms with E-state index in [-0.39, 0.29) is 23.0 Å². The zero-order chi connectivity index (χ0) is 24.6. The first-order valence-corrected chi connectivity index (χ1v) is 12.0. The average molecular weight is 483 g/mol. The second-order valence-electron chi connectivity index (χ2n) is 8.60. The molecule has 34 heavy (non-hydrogen) atoms. The van der Waals surface area contributed by atoms with Gasteiger partial charge in [-0.15, -0.1) is 0 Å². The Kier molecular flexibility index (Phi) is 6.60. The highest BCUT2D eigenvalue weighted by molar-refractivity contribution is 8.18. The van der Waals surface area contributed by atoms with E-state index in [0.717, 1.165) is 64.1 Å². The number of aromatic nitrogens is 1. The molecule has 3 heterocycles. The van der Waals surface area contributed by atoms with Crippen LogP contribution in [0.15, 0.2) is 29.2 Å². The normalized spacial score (nSPS) is 17.7. The first-order chi connectivity index (χ1) is 16.2. The molecular weight excluding hydrogens is 456 g/mol. The molecule has 0 N–H and O–H groups in total. The summed E-state index contributed by atoms with van der Waals surface area (Å²) < 4.78 is 1.97. The minimum absolute atomic E-state index is 0.0247. The molecule has 1 aromatic heterocycles. The molecule has 10 heteroatoms. The first-order valence-electron chi connectivity index (χ1n) is 11.1. The number of hydrogen-bond donors (Lipinski definition) is 0. The Morgan fingerprint density at radius 1 is 1.12 bits per heavy atom. The van der Waals surface area contributed by atoms with E-state index in [2.05, 4.69) is 0 Å². The molecule has 3 amide bonds. The quantitative estimate of drug-likeness (QED) is 0.356. The summed E-state index contributed by atoms with van der Waals surface area (Å²) in [5, 5.41) is 10.6. The number of aryl methyl sites for hydroxylation is 2. The number of benzene rings is 1. The number of piperidine rings is 1. The molecule has 2 aliphatic heterocycles. The van der Waals surface area contributed by atoms with Crippen molar-refractivity contribution < 1.29 is 19.3 Å². The maximum atomic E-state index is 12.9. The number of nitrogens with zero attached hydrogens (tertiary/aromatic N) is 4. The molecule has 0 atom stereocenters. The summed E-state index contributed by atoms with van der Waals surface area (Å²) in [6, 6.07) is 6.60. The predicted octanol–water partition coefficient (Wildman–Crippen LogP) is 4.36. The molecule has 2 fully saturated rings. The predicted molar refractivity (Wildman–Crippen MR) is 130 cm³/mol. The van der Waals surface area contributed by atoms with Crippen molar-refractivity contribution in [3.63, 3.8) is 0 Å². The molecule has 0 aliphatic carbocycles. The lowest BCUT2D eigenvalue weighted by atomic mass is 10.1. The molecular formula is C24H26N4O5S. The Morgan fingerprint density at radius 3 is 2.47 bits per heavy atom. The molecule has 0 radical (unpaired) electrons. The van der Waals surface area contributed by atoms with Crippen LogP contribution in [0.25, 0.3) is 11.8 Å². The zero-order valence-electron chi connectivity index (χ0n) is 19.4. The smallest absolute Gasteiger partial charge is 0.294 e. The van der Waals surface area contributed by atoms with Gasteiger partial charge in [-0.1, -0.05) is 0 Å². The number of rotatable bonds is 5. The lowest BCUT2D eigenvalue weighted by Gasteiger charge is -2.27. The second kappa shape index (κ2) is 9.46. The monoisotopic (exact) mass is 482 g/mol. The third-order valence-electron chi connectivity index (χ3n) is 6.26. The van der Waals surface area contributed by atoms with Crippen molar-refractivity contribution in [3.05, 3.63) is 61.8 Å². The number of nitro groups is 1. The molecule has 178 valence electrons. The minimum Gasteiger partial charge on any atom is -0.341 e. The SMILES string of the molecule is Cc1cc([N+](=O)[O-])ccc1-n1c(C)cc(/C=C2\SC(=O)N(CC(=O)N3CCCCC3)C2=O)c1C. The van der Waals surface area contributed by atoms with Crippen molar-refractivity contribution in [1.82, 2.24) is 14.4 Å². The van der Waals surface area contributed by atoms with Gasteiger partial charge in [-0.25, -0.2) is 0 Å². The maximum absolute atomic E-state index is 12.9. The summed E-state index contributed by atoms with van der Waals surface area (Å²) in [6.45, 7) is 6.71. The zero-order valence-corrected chi connectivity index (χ0v) is 20.2. The van der Waals surface area contributed by atoms with Gasteiger partial charge in [-0.2, -0.15) is 0 Å². The van der Waals surface area contributed by atoms with Crippen molar-refractivity contribution in [2.75, 3.05) is 19.6 Å². The number of imide groups is 1. The van der Waals surface area contributed by atoms with Crippen LogP contribution in [-0.2, 0) is 9.59 Å². The lowest BCUT2D eigenvalue weighted by Crippen LogP contribution is -2.44. The van der Waals surface area contributed by atoms with E-state index in [9.17, 15) is 24.5 Å². The maximum Gasteiger partial charge on any atom is 0.294 e. The minimum atomic E-state index is -0.461. The summed E-state index contributed by atoms with van der Waals surface area (Å²) in [5.41, 5.74) is 4.07. The van der Waals surface area contributed by atoms with E-state index >= 15 is 0 Å². The van der Waals surface area contributed by atoms with Gasteiger partial charge in [0.1, 0.15) is 6.54 Å². The van der Waals surface area contributed by atoms with Gasteiger partial charge in [0.2, 0.25) is 5.91 Å². The Hall–Kier alpha value is -3.40.